The van der Waals surface area contributed by atoms with E-state index in [0.717, 1.165) is 12.3 Å². The zero-order valence-corrected chi connectivity index (χ0v) is 16.0. The molecule has 3 aromatic rings. The summed E-state index contributed by atoms with van der Waals surface area (Å²) in [5.41, 5.74) is -0.453. The summed E-state index contributed by atoms with van der Waals surface area (Å²) in [6, 6.07) is 3.85. The van der Waals surface area contributed by atoms with E-state index < -0.39 is 28.8 Å². The van der Waals surface area contributed by atoms with E-state index in [9.17, 15) is 22.5 Å². The van der Waals surface area contributed by atoms with Gasteiger partial charge in [-0.2, -0.15) is 13.2 Å². The number of imidazole rings is 1. The van der Waals surface area contributed by atoms with Crippen LogP contribution in [0.5, 0.6) is 0 Å². The second kappa shape index (κ2) is 7.40. The summed E-state index contributed by atoms with van der Waals surface area (Å²) in [5, 5.41) is 2.45. The van der Waals surface area contributed by atoms with Gasteiger partial charge in [-0.05, 0) is 36.3 Å². The van der Waals surface area contributed by atoms with Crippen molar-refractivity contribution in [1.29, 1.82) is 0 Å². The third kappa shape index (κ3) is 3.54. The fourth-order valence-electron chi connectivity index (χ4n) is 2.64. The molecule has 28 heavy (non-hydrogen) atoms. The summed E-state index contributed by atoms with van der Waals surface area (Å²) in [7, 11) is 3.01. The minimum atomic E-state index is -4.55. The van der Waals surface area contributed by atoms with Crippen LogP contribution in [0, 0.1) is 0 Å². The van der Waals surface area contributed by atoms with Crippen molar-refractivity contribution >= 4 is 28.2 Å². The van der Waals surface area contributed by atoms with Crippen molar-refractivity contribution in [3.8, 4) is 11.5 Å². The molecule has 0 bridgehead atoms. The number of hydrogen-bond acceptors (Lipinski definition) is 5. The van der Waals surface area contributed by atoms with Crippen molar-refractivity contribution in [3.05, 3.63) is 35.7 Å². The zero-order valence-electron chi connectivity index (χ0n) is 15.2. The molecule has 1 amide bonds. The number of amides is 1. The minimum Gasteiger partial charge on any atom is -0.611 e. The van der Waals surface area contributed by atoms with Crippen LogP contribution < -0.4 is 5.32 Å². The van der Waals surface area contributed by atoms with Gasteiger partial charge in [0, 0.05) is 20.3 Å². The Hall–Kier alpha value is -2.66. The molecule has 0 aliphatic rings. The molecule has 0 aliphatic carbocycles. The molecule has 0 radical (unpaired) electrons. The number of pyridine rings is 2. The Bertz CT molecular complexity index is 1050. The van der Waals surface area contributed by atoms with Gasteiger partial charge in [-0.3, -0.25) is 4.79 Å². The van der Waals surface area contributed by atoms with Crippen LogP contribution in [0.1, 0.15) is 23.0 Å². The van der Waals surface area contributed by atoms with Crippen molar-refractivity contribution in [2.24, 2.45) is 7.05 Å². The molecule has 7 nitrogen and oxygen atoms in total. The smallest absolute Gasteiger partial charge is 0.417 e. The first kappa shape index (κ1) is 20.1. The SMILES string of the molecule is CC[S+]([O-])c1ccc(C(=O)NC)nc1-c1nc2cc(C(F)(F)F)cnc2n1C. The molecule has 0 saturated carbocycles. The van der Waals surface area contributed by atoms with Crippen LogP contribution in [0.3, 0.4) is 0 Å². The van der Waals surface area contributed by atoms with Gasteiger partial charge in [-0.15, -0.1) is 0 Å². The van der Waals surface area contributed by atoms with E-state index in [2.05, 4.69) is 20.3 Å². The molecule has 3 aromatic heterocycles. The van der Waals surface area contributed by atoms with Gasteiger partial charge in [0.15, 0.2) is 22.1 Å². The fourth-order valence-corrected chi connectivity index (χ4v) is 3.53. The predicted molar refractivity (Wildman–Crippen MR) is 97.1 cm³/mol. The van der Waals surface area contributed by atoms with E-state index in [0.29, 0.717) is 10.6 Å². The minimum absolute atomic E-state index is 0.0210. The maximum absolute atomic E-state index is 13.0. The quantitative estimate of drug-likeness (QED) is 0.666. The molecule has 3 heterocycles. The summed E-state index contributed by atoms with van der Waals surface area (Å²) in [4.78, 5) is 24.6. The number of aryl methyl sites for hydroxylation is 1. The van der Waals surface area contributed by atoms with Crippen LogP contribution in [0.15, 0.2) is 29.3 Å². The highest BCUT2D eigenvalue weighted by molar-refractivity contribution is 7.91. The van der Waals surface area contributed by atoms with Gasteiger partial charge < -0.3 is 14.4 Å². The van der Waals surface area contributed by atoms with Crippen molar-refractivity contribution < 1.29 is 22.5 Å². The van der Waals surface area contributed by atoms with Crippen molar-refractivity contribution in [1.82, 2.24) is 24.8 Å². The highest BCUT2D eigenvalue weighted by Gasteiger charge is 2.32. The Balaban J connectivity index is 2.25. The van der Waals surface area contributed by atoms with E-state index in [1.165, 1.54) is 23.7 Å². The number of halogens is 3. The van der Waals surface area contributed by atoms with Gasteiger partial charge in [0.1, 0.15) is 17.0 Å². The Morgan fingerprint density at radius 3 is 2.64 bits per heavy atom. The maximum atomic E-state index is 13.0. The Morgan fingerprint density at radius 2 is 2.04 bits per heavy atom. The number of hydrogen-bond donors (Lipinski definition) is 1. The van der Waals surface area contributed by atoms with Gasteiger partial charge in [0.25, 0.3) is 5.91 Å². The largest absolute Gasteiger partial charge is 0.611 e. The van der Waals surface area contributed by atoms with E-state index in [1.54, 1.807) is 14.0 Å². The molecule has 1 atom stereocenters. The van der Waals surface area contributed by atoms with E-state index >= 15 is 0 Å². The van der Waals surface area contributed by atoms with Crippen LogP contribution in [-0.2, 0) is 24.4 Å². The van der Waals surface area contributed by atoms with Gasteiger partial charge >= 0.3 is 6.18 Å². The first-order chi connectivity index (χ1) is 13.2. The molecule has 3 rings (SSSR count). The van der Waals surface area contributed by atoms with Crippen LogP contribution in [-0.4, -0.2) is 42.8 Å². The highest BCUT2D eigenvalue weighted by atomic mass is 32.2. The number of carbonyl (C=O) groups is 1. The standard InChI is InChI=1S/C17H16F3N5O2S/c1-4-28(27)12-6-5-10(16(26)21-2)23-13(12)15-24-11-7-9(17(18,19)20)8-22-14(11)25(15)3/h5-8H,4H2,1-3H3,(H,21,26). The van der Waals surface area contributed by atoms with Crippen molar-refractivity contribution in [3.63, 3.8) is 0 Å². The first-order valence-electron chi connectivity index (χ1n) is 8.19. The molecule has 148 valence electrons. The van der Waals surface area contributed by atoms with Crippen molar-refractivity contribution in [2.75, 3.05) is 12.8 Å². The lowest BCUT2D eigenvalue weighted by atomic mass is 10.2. The molecule has 0 spiro atoms. The third-order valence-electron chi connectivity index (χ3n) is 4.07. The Labute approximate surface area is 161 Å². The molecule has 1 unspecified atom stereocenters. The number of aromatic nitrogens is 4. The van der Waals surface area contributed by atoms with Crippen LogP contribution >= 0.6 is 0 Å². The lowest BCUT2D eigenvalue weighted by molar-refractivity contribution is -0.137. The summed E-state index contributed by atoms with van der Waals surface area (Å²) in [6.07, 6.45) is -3.82. The number of nitrogens with zero attached hydrogens (tertiary/aromatic N) is 4. The average molecular weight is 411 g/mol. The number of nitrogens with one attached hydrogen (secondary N) is 1. The molecule has 0 aromatic carbocycles. The van der Waals surface area contributed by atoms with Gasteiger partial charge in [-0.1, -0.05) is 0 Å². The second-order valence-corrected chi connectivity index (χ2v) is 7.52. The van der Waals surface area contributed by atoms with Crippen LogP contribution in [0.4, 0.5) is 13.2 Å². The number of carbonyl (C=O) groups excluding carboxylic acids is 1. The first-order valence-corrected chi connectivity index (χ1v) is 9.50. The van der Waals surface area contributed by atoms with Crippen molar-refractivity contribution in [2.45, 2.75) is 18.0 Å². The molecule has 0 fully saturated rings. The normalized spacial score (nSPS) is 13.0. The summed E-state index contributed by atoms with van der Waals surface area (Å²) < 4.78 is 52.8. The molecule has 11 heteroatoms. The lowest BCUT2D eigenvalue weighted by Gasteiger charge is -2.13. The van der Waals surface area contributed by atoms with Crippen LogP contribution in [0.2, 0.25) is 0 Å². The molecular formula is C17H16F3N5O2S. The Morgan fingerprint density at radius 1 is 1.32 bits per heavy atom. The van der Waals surface area contributed by atoms with E-state index in [1.807, 2.05) is 0 Å². The monoisotopic (exact) mass is 411 g/mol. The van der Waals surface area contributed by atoms with E-state index in [-0.39, 0.29) is 28.4 Å². The van der Waals surface area contributed by atoms with Gasteiger partial charge in [0.2, 0.25) is 0 Å². The van der Waals surface area contributed by atoms with E-state index in [4.69, 9.17) is 0 Å². The molecular weight excluding hydrogens is 395 g/mol. The fraction of sp³-hybridized carbons (Fsp3) is 0.294. The van der Waals surface area contributed by atoms with Crippen LogP contribution in [0.25, 0.3) is 22.7 Å². The second-order valence-electron chi connectivity index (χ2n) is 5.82. The highest BCUT2D eigenvalue weighted by Crippen LogP contribution is 2.32. The summed E-state index contributed by atoms with van der Waals surface area (Å²) >= 11 is -1.42. The topological polar surface area (TPSA) is 95.8 Å². The average Bonchev–Trinajstić information content (AvgIpc) is 3.01. The number of alkyl halides is 3. The molecule has 0 saturated heterocycles. The summed E-state index contributed by atoms with van der Waals surface area (Å²) in [6.45, 7) is 1.72. The zero-order chi connectivity index (χ0) is 20.6. The van der Waals surface area contributed by atoms with Gasteiger partial charge in [0.05, 0.1) is 5.56 Å². The number of rotatable bonds is 4. The third-order valence-corrected chi connectivity index (χ3v) is 5.42. The Kier molecular flexibility index (Phi) is 5.31. The maximum Gasteiger partial charge on any atom is 0.417 e. The number of fused-ring (bicyclic) bond motifs is 1. The molecule has 0 aliphatic heterocycles. The lowest BCUT2D eigenvalue weighted by Crippen LogP contribution is -2.20. The summed E-state index contributed by atoms with van der Waals surface area (Å²) in [5.74, 6) is 0.0183. The predicted octanol–water partition coefficient (Wildman–Crippen LogP) is 2.54. The van der Waals surface area contributed by atoms with Gasteiger partial charge in [-0.25, -0.2) is 15.0 Å². The molecule has 1 N–H and O–H groups in total.